The van der Waals surface area contributed by atoms with Gasteiger partial charge in [0.25, 0.3) is 11.5 Å². The summed E-state index contributed by atoms with van der Waals surface area (Å²) < 4.78 is 1.98. The van der Waals surface area contributed by atoms with Crippen LogP contribution in [0, 0.1) is 5.92 Å². The minimum atomic E-state index is -0.221. The molecule has 0 atom stereocenters. The molecule has 6 heteroatoms. The molecule has 1 aromatic carbocycles. The highest BCUT2D eigenvalue weighted by atomic mass is 16.2. The lowest BCUT2D eigenvalue weighted by Crippen LogP contribution is -2.28. The van der Waals surface area contributed by atoms with Crippen molar-refractivity contribution in [3.63, 3.8) is 0 Å². The zero-order chi connectivity index (χ0) is 20.4. The number of carbonyl (C=O) groups excluding carboxylic acids is 1. The molecule has 0 aliphatic rings. The number of benzene rings is 1. The average Bonchev–Trinajstić information content (AvgIpc) is 3.06. The lowest BCUT2D eigenvalue weighted by molar-refractivity contribution is 0.0951. The second kappa shape index (κ2) is 7.91. The Hall–Kier alpha value is -3.41. The van der Waals surface area contributed by atoms with Crippen molar-refractivity contribution in [1.29, 1.82) is 0 Å². The van der Waals surface area contributed by atoms with Gasteiger partial charge in [-0.2, -0.15) is 0 Å². The Morgan fingerprint density at radius 3 is 2.79 bits per heavy atom. The zero-order valence-corrected chi connectivity index (χ0v) is 16.6. The molecule has 3 aromatic heterocycles. The largest absolute Gasteiger partial charge is 0.350 e. The molecular formula is C23H24N4O2. The highest BCUT2D eigenvalue weighted by Crippen LogP contribution is 2.16. The van der Waals surface area contributed by atoms with Crippen molar-refractivity contribution in [2.45, 2.75) is 26.7 Å². The van der Waals surface area contributed by atoms with Crippen molar-refractivity contribution in [2.75, 3.05) is 6.54 Å². The summed E-state index contributed by atoms with van der Waals surface area (Å²) in [6, 6.07) is 15.3. The molecule has 2 N–H and O–H groups in total. The molecule has 0 fully saturated rings. The second-order valence-electron chi connectivity index (χ2n) is 7.65. The summed E-state index contributed by atoms with van der Waals surface area (Å²) in [5, 5.41) is 3.89. The predicted molar refractivity (Wildman–Crippen MR) is 114 cm³/mol. The molecule has 4 aromatic rings. The van der Waals surface area contributed by atoms with Crippen molar-refractivity contribution in [1.82, 2.24) is 19.7 Å². The van der Waals surface area contributed by atoms with Gasteiger partial charge in [-0.3, -0.25) is 9.59 Å². The third-order valence-electron chi connectivity index (χ3n) is 4.94. The number of nitrogens with one attached hydrogen (secondary N) is 2. The highest BCUT2D eigenvalue weighted by molar-refractivity contribution is 5.99. The Morgan fingerprint density at radius 1 is 1.17 bits per heavy atom. The number of hydrogen-bond acceptors (Lipinski definition) is 3. The molecule has 0 radical (unpaired) electrons. The van der Waals surface area contributed by atoms with Crippen LogP contribution in [-0.2, 0) is 12.8 Å². The number of imidazole rings is 1. The lowest BCUT2D eigenvalue weighted by atomic mass is 10.1. The van der Waals surface area contributed by atoms with Crippen LogP contribution in [0.2, 0.25) is 0 Å². The molecule has 0 spiro atoms. The third-order valence-corrected chi connectivity index (χ3v) is 4.94. The molecule has 0 aliphatic heterocycles. The minimum Gasteiger partial charge on any atom is -0.350 e. The maximum Gasteiger partial charge on any atom is 0.272 e. The van der Waals surface area contributed by atoms with Gasteiger partial charge in [0.2, 0.25) is 0 Å². The number of aromatic nitrogens is 3. The third kappa shape index (κ3) is 3.92. The Balaban J connectivity index is 1.51. The molecular weight excluding hydrogens is 364 g/mol. The fourth-order valence-corrected chi connectivity index (χ4v) is 3.55. The maximum atomic E-state index is 12.8. The van der Waals surface area contributed by atoms with Gasteiger partial charge in [0.05, 0.1) is 5.52 Å². The van der Waals surface area contributed by atoms with Gasteiger partial charge in [-0.1, -0.05) is 38.1 Å². The van der Waals surface area contributed by atoms with Crippen LogP contribution in [0.1, 0.15) is 35.7 Å². The average molecular weight is 388 g/mol. The molecule has 0 unspecified atom stereocenters. The van der Waals surface area contributed by atoms with E-state index in [4.69, 9.17) is 0 Å². The number of H-pyrrole nitrogens is 1. The monoisotopic (exact) mass is 388 g/mol. The number of carbonyl (C=O) groups is 1. The zero-order valence-electron chi connectivity index (χ0n) is 16.6. The van der Waals surface area contributed by atoms with Crippen LogP contribution >= 0.6 is 0 Å². The van der Waals surface area contributed by atoms with Gasteiger partial charge in [0, 0.05) is 30.2 Å². The van der Waals surface area contributed by atoms with E-state index in [9.17, 15) is 9.59 Å². The summed E-state index contributed by atoms with van der Waals surface area (Å²) in [5.41, 5.74) is 2.56. The molecule has 0 aliphatic carbocycles. The van der Waals surface area contributed by atoms with Gasteiger partial charge in [0.1, 0.15) is 5.82 Å². The van der Waals surface area contributed by atoms with E-state index >= 15 is 0 Å². The van der Waals surface area contributed by atoms with E-state index in [2.05, 4.69) is 29.1 Å². The molecule has 148 valence electrons. The summed E-state index contributed by atoms with van der Waals surface area (Å²) >= 11 is 0. The fraction of sp³-hybridized carbons (Fsp3) is 0.261. The van der Waals surface area contributed by atoms with E-state index in [1.54, 1.807) is 0 Å². The van der Waals surface area contributed by atoms with E-state index < -0.39 is 0 Å². The topological polar surface area (TPSA) is 79.3 Å². The Labute approximate surface area is 168 Å². The van der Waals surface area contributed by atoms with Crippen LogP contribution < -0.4 is 10.9 Å². The van der Waals surface area contributed by atoms with Crippen LogP contribution in [0.5, 0.6) is 0 Å². The number of nitrogens with zero attached hydrogens (tertiary/aromatic N) is 2. The normalized spacial score (nSPS) is 11.4. The van der Waals surface area contributed by atoms with Crippen LogP contribution in [-0.4, -0.2) is 26.8 Å². The van der Waals surface area contributed by atoms with Gasteiger partial charge < -0.3 is 14.7 Å². The molecule has 0 saturated carbocycles. The number of para-hydroxylation sites is 1. The SMILES string of the molecule is CC(C)Cc1nc(C(=O)NCCc2cc3ccccc3[nH]c2=O)c2ccccn12. The van der Waals surface area contributed by atoms with Gasteiger partial charge in [-0.05, 0) is 42.0 Å². The molecule has 6 nitrogen and oxygen atoms in total. The number of pyridine rings is 2. The first-order valence-corrected chi connectivity index (χ1v) is 9.88. The standard InChI is InChI=1S/C23H24N4O2/c1-15(2)13-20-26-21(19-9-5-6-12-27(19)20)23(29)24-11-10-17-14-16-7-3-4-8-18(16)25-22(17)28/h3-9,12,14-15H,10-11,13H2,1-2H3,(H,24,29)(H,25,28). The first kappa shape index (κ1) is 18.9. The molecule has 4 rings (SSSR count). The number of fused-ring (bicyclic) bond motifs is 2. The van der Waals surface area contributed by atoms with Crippen molar-refractivity contribution >= 4 is 22.3 Å². The quantitative estimate of drug-likeness (QED) is 0.532. The van der Waals surface area contributed by atoms with Crippen LogP contribution in [0.3, 0.4) is 0 Å². The van der Waals surface area contributed by atoms with Gasteiger partial charge in [-0.15, -0.1) is 0 Å². The van der Waals surface area contributed by atoms with E-state index in [0.29, 0.717) is 30.1 Å². The smallest absolute Gasteiger partial charge is 0.272 e. The summed E-state index contributed by atoms with van der Waals surface area (Å²) in [6.07, 6.45) is 3.19. The Morgan fingerprint density at radius 2 is 1.97 bits per heavy atom. The first-order valence-electron chi connectivity index (χ1n) is 9.88. The van der Waals surface area contributed by atoms with E-state index in [-0.39, 0.29) is 11.5 Å². The van der Waals surface area contributed by atoms with Crippen LogP contribution in [0.25, 0.3) is 16.4 Å². The number of aromatic amines is 1. The molecule has 29 heavy (non-hydrogen) atoms. The van der Waals surface area contributed by atoms with Crippen molar-refractivity contribution in [3.05, 3.63) is 82.2 Å². The molecule has 3 heterocycles. The van der Waals surface area contributed by atoms with E-state index in [0.717, 1.165) is 28.7 Å². The molecule has 0 bridgehead atoms. The number of amides is 1. The van der Waals surface area contributed by atoms with Crippen molar-refractivity contribution < 1.29 is 4.79 Å². The first-order chi connectivity index (χ1) is 14.0. The number of rotatable bonds is 6. The van der Waals surface area contributed by atoms with Gasteiger partial charge >= 0.3 is 0 Å². The Bertz CT molecular complexity index is 1240. The molecule has 1 amide bonds. The van der Waals surface area contributed by atoms with Crippen LogP contribution in [0.15, 0.2) is 59.5 Å². The summed E-state index contributed by atoms with van der Waals surface area (Å²) in [4.78, 5) is 32.5. The Kier molecular flexibility index (Phi) is 5.16. The van der Waals surface area contributed by atoms with E-state index in [1.165, 1.54) is 0 Å². The second-order valence-corrected chi connectivity index (χ2v) is 7.65. The highest BCUT2D eigenvalue weighted by Gasteiger charge is 2.17. The van der Waals surface area contributed by atoms with Crippen molar-refractivity contribution in [2.24, 2.45) is 5.92 Å². The van der Waals surface area contributed by atoms with Crippen LogP contribution in [0.4, 0.5) is 0 Å². The lowest BCUT2D eigenvalue weighted by Gasteiger charge is -2.05. The molecule has 0 saturated heterocycles. The van der Waals surface area contributed by atoms with Crippen molar-refractivity contribution in [3.8, 4) is 0 Å². The predicted octanol–water partition coefficient (Wildman–Crippen LogP) is 3.35. The van der Waals surface area contributed by atoms with E-state index in [1.807, 2.05) is 59.1 Å². The van der Waals surface area contributed by atoms with Gasteiger partial charge in [-0.25, -0.2) is 4.98 Å². The van der Waals surface area contributed by atoms with Gasteiger partial charge in [0.15, 0.2) is 5.69 Å². The summed E-state index contributed by atoms with van der Waals surface area (Å²) in [5.74, 6) is 1.10. The maximum absolute atomic E-state index is 12.8. The minimum absolute atomic E-state index is 0.121. The number of hydrogen-bond donors (Lipinski definition) is 2. The summed E-state index contributed by atoms with van der Waals surface area (Å²) in [6.45, 7) is 4.63. The fourth-order valence-electron chi connectivity index (χ4n) is 3.55. The summed E-state index contributed by atoms with van der Waals surface area (Å²) in [7, 11) is 0.